The number of rotatable bonds is 4. The summed E-state index contributed by atoms with van der Waals surface area (Å²) in [6.45, 7) is 8.05. The normalized spacial score (nSPS) is 12.3. The molecule has 0 saturated carbocycles. The predicted octanol–water partition coefficient (Wildman–Crippen LogP) is 5.34. The third-order valence-electron chi connectivity index (χ3n) is 3.85. The van der Waals surface area contributed by atoms with Gasteiger partial charge in [0, 0.05) is 5.69 Å². The molecule has 3 rings (SSSR count). The summed E-state index contributed by atoms with van der Waals surface area (Å²) in [5.41, 5.74) is 5.31. The van der Waals surface area contributed by atoms with Crippen molar-refractivity contribution >= 4 is 44.9 Å². The molecule has 5 heteroatoms. The van der Waals surface area contributed by atoms with Crippen LogP contribution in [0, 0.1) is 20.8 Å². The zero-order valence-corrected chi connectivity index (χ0v) is 15.8. The van der Waals surface area contributed by atoms with Gasteiger partial charge in [0.05, 0.1) is 15.5 Å². The third-order valence-corrected chi connectivity index (χ3v) is 6.08. The molecule has 1 heterocycles. The number of fused-ring (bicyclic) bond motifs is 1. The zero-order chi connectivity index (χ0) is 17.3. The maximum Gasteiger partial charge on any atom is 0.237 e. The highest BCUT2D eigenvalue weighted by Crippen LogP contribution is 2.32. The zero-order valence-electron chi connectivity index (χ0n) is 14.2. The Morgan fingerprint density at radius 2 is 1.83 bits per heavy atom. The lowest BCUT2D eigenvalue weighted by Gasteiger charge is -2.15. The quantitative estimate of drug-likeness (QED) is 0.642. The van der Waals surface area contributed by atoms with Crippen molar-refractivity contribution in [1.29, 1.82) is 0 Å². The van der Waals surface area contributed by atoms with E-state index in [0.717, 1.165) is 31.4 Å². The first-order chi connectivity index (χ1) is 11.4. The number of carbonyl (C=O) groups is 1. The van der Waals surface area contributed by atoms with E-state index in [4.69, 9.17) is 0 Å². The first-order valence-corrected chi connectivity index (χ1v) is 9.54. The van der Waals surface area contributed by atoms with Crippen molar-refractivity contribution in [2.24, 2.45) is 0 Å². The summed E-state index contributed by atoms with van der Waals surface area (Å²) in [4.78, 5) is 17.2. The Bertz CT molecular complexity index is 845. The second kappa shape index (κ2) is 6.95. The Balaban J connectivity index is 1.73. The second-order valence-electron chi connectivity index (χ2n) is 5.97. The van der Waals surface area contributed by atoms with Crippen LogP contribution in [0.3, 0.4) is 0 Å². The molecule has 0 saturated heterocycles. The van der Waals surface area contributed by atoms with Gasteiger partial charge in [0.1, 0.15) is 0 Å². The minimum absolute atomic E-state index is 0.00862. The van der Waals surface area contributed by atoms with Gasteiger partial charge in [-0.15, -0.1) is 11.3 Å². The molecule has 1 atom stereocenters. The molecule has 0 bridgehead atoms. The van der Waals surface area contributed by atoms with Crippen LogP contribution < -0.4 is 5.32 Å². The highest BCUT2D eigenvalue weighted by Gasteiger charge is 2.18. The van der Waals surface area contributed by atoms with Gasteiger partial charge < -0.3 is 5.32 Å². The molecular formula is C19H20N2OS2. The van der Waals surface area contributed by atoms with Crippen LogP contribution in [0.15, 0.2) is 40.7 Å². The lowest BCUT2D eigenvalue weighted by Crippen LogP contribution is -2.23. The fraction of sp³-hybridized carbons (Fsp3) is 0.263. The van der Waals surface area contributed by atoms with Crippen LogP contribution >= 0.6 is 23.1 Å². The lowest BCUT2D eigenvalue weighted by atomic mass is 10.1. The van der Waals surface area contributed by atoms with Crippen molar-refractivity contribution in [3.63, 3.8) is 0 Å². The molecule has 1 amide bonds. The highest BCUT2D eigenvalue weighted by molar-refractivity contribution is 8.02. The Morgan fingerprint density at radius 3 is 2.50 bits per heavy atom. The summed E-state index contributed by atoms with van der Waals surface area (Å²) in [7, 11) is 0. The molecule has 0 spiro atoms. The summed E-state index contributed by atoms with van der Waals surface area (Å²) < 4.78 is 2.08. The number of hydrogen-bond donors (Lipinski definition) is 1. The van der Waals surface area contributed by atoms with Gasteiger partial charge in [-0.25, -0.2) is 4.98 Å². The van der Waals surface area contributed by atoms with Crippen LogP contribution in [0.5, 0.6) is 0 Å². The van der Waals surface area contributed by atoms with Crippen LogP contribution in [0.1, 0.15) is 23.6 Å². The molecule has 1 unspecified atom stereocenters. The van der Waals surface area contributed by atoms with Crippen LogP contribution in [-0.4, -0.2) is 16.1 Å². The number of carbonyl (C=O) groups excluding carboxylic acids is 1. The minimum atomic E-state index is -0.203. The Morgan fingerprint density at radius 1 is 1.17 bits per heavy atom. The number of thiazole rings is 1. The Kier molecular flexibility index (Phi) is 4.92. The highest BCUT2D eigenvalue weighted by atomic mass is 32.2. The standard InChI is InChI=1S/C19H20N2OS2/c1-11-9-12(2)17(13(3)10-11)21-18(22)14(4)23-19-20-15-7-5-6-8-16(15)24-19/h5-10,14H,1-4H3,(H,21,22). The monoisotopic (exact) mass is 356 g/mol. The van der Waals surface area contributed by atoms with Crippen LogP contribution in [0.2, 0.25) is 0 Å². The molecule has 24 heavy (non-hydrogen) atoms. The number of nitrogens with zero attached hydrogens (tertiary/aromatic N) is 1. The summed E-state index contributed by atoms with van der Waals surface area (Å²) in [5.74, 6) is 0.00862. The summed E-state index contributed by atoms with van der Waals surface area (Å²) in [6.07, 6.45) is 0. The van der Waals surface area contributed by atoms with Gasteiger partial charge in [-0.3, -0.25) is 4.79 Å². The Labute approximate surface area is 150 Å². The van der Waals surface area contributed by atoms with E-state index in [1.54, 1.807) is 11.3 Å². The molecule has 0 fully saturated rings. The fourth-order valence-corrected chi connectivity index (χ4v) is 4.92. The fourth-order valence-electron chi connectivity index (χ4n) is 2.71. The minimum Gasteiger partial charge on any atom is -0.325 e. The van der Waals surface area contributed by atoms with Gasteiger partial charge in [-0.05, 0) is 51.0 Å². The molecule has 0 aliphatic rings. The van der Waals surface area contributed by atoms with Gasteiger partial charge in [-0.2, -0.15) is 0 Å². The van der Waals surface area contributed by atoms with Gasteiger partial charge in [0.25, 0.3) is 0 Å². The number of para-hydroxylation sites is 1. The summed E-state index contributed by atoms with van der Waals surface area (Å²) in [6, 6.07) is 12.2. The van der Waals surface area contributed by atoms with Crippen molar-refractivity contribution in [3.05, 3.63) is 53.1 Å². The number of nitrogens with one attached hydrogen (secondary N) is 1. The number of aryl methyl sites for hydroxylation is 3. The molecule has 0 aliphatic carbocycles. The SMILES string of the molecule is Cc1cc(C)c(NC(=O)C(C)Sc2nc3ccccc3s2)c(C)c1. The molecule has 2 aromatic carbocycles. The molecule has 124 valence electrons. The van der Waals surface area contributed by atoms with Gasteiger partial charge >= 0.3 is 0 Å². The molecule has 3 aromatic rings. The first kappa shape index (κ1) is 17.0. The van der Waals surface area contributed by atoms with Gasteiger partial charge in [0.15, 0.2) is 4.34 Å². The van der Waals surface area contributed by atoms with Crippen molar-refractivity contribution in [2.45, 2.75) is 37.3 Å². The summed E-state index contributed by atoms with van der Waals surface area (Å²) >= 11 is 3.14. The molecule has 0 aliphatic heterocycles. The summed E-state index contributed by atoms with van der Waals surface area (Å²) in [5, 5.41) is 2.87. The molecular weight excluding hydrogens is 336 g/mol. The number of benzene rings is 2. The average molecular weight is 357 g/mol. The number of hydrogen-bond acceptors (Lipinski definition) is 4. The molecule has 0 radical (unpaired) electrons. The van der Waals surface area contributed by atoms with Crippen LogP contribution in [0.25, 0.3) is 10.2 Å². The van der Waals surface area contributed by atoms with Crippen LogP contribution in [0.4, 0.5) is 5.69 Å². The van der Waals surface area contributed by atoms with Gasteiger partial charge in [0.2, 0.25) is 5.91 Å². The smallest absolute Gasteiger partial charge is 0.237 e. The van der Waals surface area contributed by atoms with E-state index in [-0.39, 0.29) is 11.2 Å². The van der Waals surface area contributed by atoms with Crippen molar-refractivity contribution in [3.8, 4) is 0 Å². The predicted molar refractivity (Wildman–Crippen MR) is 104 cm³/mol. The number of aromatic nitrogens is 1. The van der Waals surface area contributed by atoms with Crippen molar-refractivity contribution in [2.75, 3.05) is 5.32 Å². The van der Waals surface area contributed by atoms with E-state index >= 15 is 0 Å². The third kappa shape index (κ3) is 3.62. The van der Waals surface area contributed by atoms with E-state index < -0.39 is 0 Å². The number of anilines is 1. The molecule has 1 aromatic heterocycles. The molecule has 3 nitrogen and oxygen atoms in total. The van der Waals surface area contributed by atoms with E-state index in [2.05, 4.69) is 35.4 Å². The first-order valence-electron chi connectivity index (χ1n) is 7.85. The van der Waals surface area contributed by atoms with E-state index in [0.29, 0.717) is 0 Å². The van der Waals surface area contributed by atoms with Crippen molar-refractivity contribution < 1.29 is 4.79 Å². The van der Waals surface area contributed by atoms with Gasteiger partial charge in [-0.1, -0.05) is 41.6 Å². The Hall–Kier alpha value is -1.85. The van der Waals surface area contributed by atoms with Crippen LogP contribution in [-0.2, 0) is 4.79 Å². The van der Waals surface area contributed by atoms with Crippen molar-refractivity contribution in [1.82, 2.24) is 4.98 Å². The maximum atomic E-state index is 12.6. The molecule has 1 N–H and O–H groups in total. The number of thioether (sulfide) groups is 1. The maximum absolute atomic E-state index is 12.6. The van der Waals surface area contributed by atoms with E-state index in [9.17, 15) is 4.79 Å². The largest absolute Gasteiger partial charge is 0.325 e. The van der Waals surface area contributed by atoms with E-state index in [1.165, 1.54) is 17.3 Å². The average Bonchev–Trinajstić information content (AvgIpc) is 2.92. The van der Waals surface area contributed by atoms with E-state index in [1.807, 2.05) is 39.0 Å². The lowest BCUT2D eigenvalue weighted by molar-refractivity contribution is -0.115. The second-order valence-corrected chi connectivity index (χ2v) is 8.59. The number of amides is 1. The topological polar surface area (TPSA) is 42.0 Å².